The van der Waals surface area contributed by atoms with Crippen LogP contribution in [0.2, 0.25) is 5.02 Å². The first-order chi connectivity index (χ1) is 15.4. The molecule has 0 atom stereocenters. The van der Waals surface area contributed by atoms with Gasteiger partial charge < -0.3 is 14.6 Å². The molecular weight excluding hydrogens is 429 g/mol. The number of nitrogens with zero attached hydrogens (tertiary/aromatic N) is 2. The summed E-state index contributed by atoms with van der Waals surface area (Å²) >= 11 is 6.24. The van der Waals surface area contributed by atoms with Crippen molar-refractivity contribution in [2.75, 3.05) is 6.61 Å². The first-order valence-corrected chi connectivity index (χ1v) is 10.7. The predicted molar refractivity (Wildman–Crippen MR) is 124 cm³/mol. The lowest BCUT2D eigenvalue weighted by Crippen LogP contribution is -2.26. The second kappa shape index (κ2) is 9.40. The third-order valence-electron chi connectivity index (χ3n) is 5.25. The van der Waals surface area contributed by atoms with Crippen LogP contribution in [0, 0.1) is 19.7 Å². The third-order valence-corrected chi connectivity index (χ3v) is 5.85. The van der Waals surface area contributed by atoms with Crippen LogP contribution in [0.3, 0.4) is 0 Å². The molecule has 7 heteroatoms. The summed E-state index contributed by atoms with van der Waals surface area (Å²) in [6.45, 7) is 5.01. The molecule has 32 heavy (non-hydrogen) atoms. The van der Waals surface area contributed by atoms with E-state index in [0.717, 1.165) is 32.9 Å². The number of benzene rings is 3. The van der Waals surface area contributed by atoms with Crippen LogP contribution in [-0.4, -0.2) is 22.1 Å². The van der Waals surface area contributed by atoms with E-state index in [1.165, 1.54) is 12.1 Å². The number of aryl methyl sites for hydroxylation is 2. The summed E-state index contributed by atoms with van der Waals surface area (Å²) in [4.78, 5) is 17.1. The van der Waals surface area contributed by atoms with E-state index in [4.69, 9.17) is 16.3 Å². The van der Waals surface area contributed by atoms with Gasteiger partial charge in [0.1, 0.15) is 24.0 Å². The highest BCUT2D eigenvalue weighted by Crippen LogP contribution is 2.26. The van der Waals surface area contributed by atoms with Gasteiger partial charge in [-0.2, -0.15) is 0 Å². The van der Waals surface area contributed by atoms with Crippen molar-refractivity contribution in [3.63, 3.8) is 0 Å². The van der Waals surface area contributed by atoms with Gasteiger partial charge in [0.15, 0.2) is 0 Å². The van der Waals surface area contributed by atoms with E-state index in [9.17, 15) is 9.18 Å². The van der Waals surface area contributed by atoms with Gasteiger partial charge in [0.2, 0.25) is 0 Å². The Hall–Kier alpha value is -3.38. The number of amides is 1. The first-order valence-electron chi connectivity index (χ1n) is 10.3. The van der Waals surface area contributed by atoms with Gasteiger partial charge in [-0.1, -0.05) is 35.9 Å². The Bertz CT molecular complexity index is 1260. The van der Waals surface area contributed by atoms with E-state index >= 15 is 0 Å². The van der Waals surface area contributed by atoms with Crippen molar-refractivity contribution in [2.45, 2.75) is 26.9 Å². The fourth-order valence-electron chi connectivity index (χ4n) is 3.65. The molecule has 0 spiro atoms. The number of carbonyl (C=O) groups is 1. The number of para-hydroxylation sites is 2. The van der Waals surface area contributed by atoms with Crippen LogP contribution in [0.15, 0.2) is 60.7 Å². The minimum absolute atomic E-state index is 0.00646. The van der Waals surface area contributed by atoms with Gasteiger partial charge in [0.25, 0.3) is 5.91 Å². The first kappa shape index (κ1) is 21.8. The van der Waals surface area contributed by atoms with Gasteiger partial charge in [-0.05, 0) is 61.4 Å². The minimum atomic E-state index is -0.555. The zero-order chi connectivity index (χ0) is 22.7. The molecule has 3 aromatic carbocycles. The quantitative estimate of drug-likeness (QED) is 0.406. The van der Waals surface area contributed by atoms with E-state index in [2.05, 4.69) is 10.3 Å². The van der Waals surface area contributed by atoms with Crippen molar-refractivity contribution >= 4 is 28.5 Å². The van der Waals surface area contributed by atoms with Gasteiger partial charge in [0, 0.05) is 5.02 Å². The van der Waals surface area contributed by atoms with E-state index < -0.39 is 11.7 Å². The predicted octanol–water partition coefficient (Wildman–Crippen LogP) is 5.45. The Kier molecular flexibility index (Phi) is 6.42. The summed E-state index contributed by atoms with van der Waals surface area (Å²) < 4.78 is 21.9. The van der Waals surface area contributed by atoms with Crippen LogP contribution in [0.4, 0.5) is 4.39 Å². The lowest BCUT2D eigenvalue weighted by Gasteiger charge is -2.13. The summed E-state index contributed by atoms with van der Waals surface area (Å²) in [5, 5.41) is 3.51. The van der Waals surface area contributed by atoms with E-state index in [-0.39, 0.29) is 12.1 Å². The number of hydrogen-bond donors (Lipinski definition) is 1. The molecule has 0 saturated heterocycles. The molecule has 0 radical (unpaired) electrons. The largest absolute Gasteiger partial charge is 0.492 e. The summed E-state index contributed by atoms with van der Waals surface area (Å²) in [6.07, 6.45) is 0. The SMILES string of the molecule is Cc1cc(OCCn2c(CNC(=O)c3ccccc3F)nc3ccccc32)cc(C)c1Cl. The zero-order valence-electron chi connectivity index (χ0n) is 17.9. The summed E-state index contributed by atoms with van der Waals surface area (Å²) in [5.74, 6) is 0.386. The van der Waals surface area contributed by atoms with Gasteiger partial charge >= 0.3 is 0 Å². The number of aromatic nitrogens is 2. The molecule has 4 aromatic rings. The molecule has 0 aliphatic carbocycles. The highest BCUT2D eigenvalue weighted by atomic mass is 35.5. The average Bonchev–Trinajstić information content (AvgIpc) is 3.13. The molecule has 0 unspecified atom stereocenters. The standard InChI is InChI=1S/C25H23ClFN3O2/c1-16-13-18(14-17(2)24(16)26)32-12-11-30-22-10-6-5-9-21(22)29-23(30)15-28-25(31)19-7-3-4-8-20(19)27/h3-10,13-14H,11-12,15H2,1-2H3,(H,28,31). The number of ether oxygens (including phenoxy) is 1. The lowest BCUT2D eigenvalue weighted by atomic mass is 10.1. The molecule has 1 heterocycles. The van der Waals surface area contributed by atoms with Crippen LogP contribution < -0.4 is 10.1 Å². The maximum Gasteiger partial charge on any atom is 0.254 e. The van der Waals surface area contributed by atoms with Crippen LogP contribution in [0.1, 0.15) is 27.3 Å². The molecule has 1 aromatic heterocycles. The smallest absolute Gasteiger partial charge is 0.254 e. The third kappa shape index (κ3) is 4.60. The van der Waals surface area contributed by atoms with Crippen molar-refractivity contribution in [3.05, 3.63) is 94.0 Å². The zero-order valence-corrected chi connectivity index (χ0v) is 18.6. The maximum absolute atomic E-state index is 13.9. The Morgan fingerprint density at radius 2 is 1.78 bits per heavy atom. The fraction of sp³-hybridized carbons (Fsp3) is 0.200. The van der Waals surface area contributed by atoms with Gasteiger partial charge in [-0.15, -0.1) is 0 Å². The van der Waals surface area contributed by atoms with Crippen LogP contribution in [0.25, 0.3) is 11.0 Å². The molecular formula is C25H23ClFN3O2. The van der Waals surface area contributed by atoms with Crippen LogP contribution >= 0.6 is 11.6 Å². The number of fused-ring (bicyclic) bond motifs is 1. The Balaban J connectivity index is 1.50. The lowest BCUT2D eigenvalue weighted by molar-refractivity contribution is 0.0945. The van der Waals surface area contributed by atoms with Gasteiger partial charge in [-0.25, -0.2) is 9.37 Å². The number of rotatable bonds is 7. The number of hydrogen-bond acceptors (Lipinski definition) is 3. The van der Waals surface area contributed by atoms with E-state index in [1.807, 2.05) is 54.8 Å². The number of nitrogens with one attached hydrogen (secondary N) is 1. The molecule has 4 rings (SSSR count). The molecule has 164 valence electrons. The topological polar surface area (TPSA) is 56.1 Å². The minimum Gasteiger partial charge on any atom is -0.492 e. The van der Waals surface area contributed by atoms with Crippen molar-refractivity contribution in [2.24, 2.45) is 0 Å². The molecule has 5 nitrogen and oxygen atoms in total. The average molecular weight is 452 g/mol. The van der Waals surface area contributed by atoms with Crippen LogP contribution in [-0.2, 0) is 13.1 Å². The number of halogens is 2. The van der Waals surface area contributed by atoms with Gasteiger partial charge in [-0.3, -0.25) is 4.79 Å². The fourth-order valence-corrected chi connectivity index (χ4v) is 3.76. The summed E-state index contributed by atoms with van der Waals surface area (Å²) in [6, 6.07) is 17.5. The molecule has 0 saturated carbocycles. The molecule has 1 N–H and O–H groups in total. The van der Waals surface area contributed by atoms with Gasteiger partial charge in [0.05, 0.1) is 29.7 Å². The van der Waals surface area contributed by atoms with Crippen molar-refractivity contribution in [1.82, 2.24) is 14.9 Å². The highest BCUT2D eigenvalue weighted by Gasteiger charge is 2.14. The van der Waals surface area contributed by atoms with E-state index in [0.29, 0.717) is 19.0 Å². The van der Waals surface area contributed by atoms with Crippen LogP contribution in [0.5, 0.6) is 5.75 Å². The highest BCUT2D eigenvalue weighted by molar-refractivity contribution is 6.32. The molecule has 0 fully saturated rings. The summed E-state index contributed by atoms with van der Waals surface area (Å²) in [5.41, 5.74) is 3.69. The van der Waals surface area contributed by atoms with Crippen molar-refractivity contribution in [1.29, 1.82) is 0 Å². The number of imidazole rings is 1. The molecule has 0 aliphatic rings. The molecule has 0 bridgehead atoms. The molecule has 1 amide bonds. The second-order valence-corrected chi connectivity index (χ2v) is 7.93. The second-order valence-electron chi connectivity index (χ2n) is 7.55. The normalized spacial score (nSPS) is 11.0. The monoisotopic (exact) mass is 451 g/mol. The number of carbonyl (C=O) groups excluding carboxylic acids is 1. The Labute approximate surface area is 190 Å². The maximum atomic E-state index is 13.9. The Morgan fingerprint density at radius 3 is 2.53 bits per heavy atom. The van der Waals surface area contributed by atoms with Crippen molar-refractivity contribution in [3.8, 4) is 5.75 Å². The molecule has 0 aliphatic heterocycles. The Morgan fingerprint density at radius 1 is 1.09 bits per heavy atom. The summed E-state index contributed by atoms with van der Waals surface area (Å²) in [7, 11) is 0. The van der Waals surface area contributed by atoms with E-state index in [1.54, 1.807) is 12.1 Å². The van der Waals surface area contributed by atoms with Crippen molar-refractivity contribution < 1.29 is 13.9 Å².